The topological polar surface area (TPSA) is 79.8 Å². The molecule has 0 saturated carbocycles. The van der Waals surface area contributed by atoms with E-state index >= 15 is 0 Å². The molecular weight excluding hydrogens is 393 g/mol. The molecule has 0 aliphatic heterocycles. The number of nitrogens with zero attached hydrogens (tertiary/aromatic N) is 1. The third-order valence-electron chi connectivity index (χ3n) is 2.20. The van der Waals surface area contributed by atoms with E-state index in [-0.39, 0.29) is 29.7 Å². The average Bonchev–Trinajstić information content (AvgIpc) is 2.29. The molecule has 0 fully saturated rings. The first kappa shape index (κ1) is 22.2. The second-order valence-electron chi connectivity index (χ2n) is 4.88. The normalized spacial score (nSPS) is 12.2. The quantitative estimate of drug-likeness (QED) is 0.250. The largest absolute Gasteiger partial charge is 0.381 e. The molecular formula is C12H28IN3O3S. The summed E-state index contributed by atoms with van der Waals surface area (Å²) in [4.78, 5) is 4.01. The molecule has 0 radical (unpaired) electrons. The van der Waals surface area contributed by atoms with Crippen molar-refractivity contribution in [2.75, 3.05) is 45.4 Å². The highest BCUT2D eigenvalue weighted by atomic mass is 127. The fourth-order valence-electron chi connectivity index (χ4n) is 1.28. The zero-order valence-electron chi connectivity index (χ0n) is 12.8. The predicted octanol–water partition coefficient (Wildman–Crippen LogP) is 0.877. The first-order chi connectivity index (χ1) is 8.85. The van der Waals surface area contributed by atoms with Gasteiger partial charge in [0.05, 0.1) is 5.75 Å². The van der Waals surface area contributed by atoms with Crippen LogP contribution in [-0.2, 0) is 14.6 Å². The number of hydrogen-bond donors (Lipinski definition) is 2. The van der Waals surface area contributed by atoms with Gasteiger partial charge in [-0.1, -0.05) is 13.8 Å². The van der Waals surface area contributed by atoms with Crippen molar-refractivity contribution in [2.45, 2.75) is 20.3 Å². The molecule has 0 bridgehead atoms. The molecule has 0 aromatic carbocycles. The summed E-state index contributed by atoms with van der Waals surface area (Å²) >= 11 is 0. The van der Waals surface area contributed by atoms with Gasteiger partial charge in [0.2, 0.25) is 0 Å². The van der Waals surface area contributed by atoms with Crippen LogP contribution >= 0.6 is 24.0 Å². The van der Waals surface area contributed by atoms with E-state index in [1.54, 1.807) is 7.05 Å². The number of aliphatic imine (C=N–C) groups is 1. The highest BCUT2D eigenvalue weighted by Crippen LogP contribution is 1.92. The van der Waals surface area contributed by atoms with Crippen molar-refractivity contribution in [1.29, 1.82) is 0 Å². The molecule has 8 heteroatoms. The van der Waals surface area contributed by atoms with Gasteiger partial charge in [-0.2, -0.15) is 0 Å². The van der Waals surface area contributed by atoms with Gasteiger partial charge in [0.1, 0.15) is 9.84 Å². The Morgan fingerprint density at radius 1 is 1.25 bits per heavy atom. The zero-order chi connectivity index (χ0) is 14.7. The van der Waals surface area contributed by atoms with Gasteiger partial charge in [0, 0.05) is 39.6 Å². The Balaban J connectivity index is 0. The first-order valence-electron chi connectivity index (χ1n) is 6.55. The molecule has 0 aliphatic rings. The maximum absolute atomic E-state index is 11.0. The van der Waals surface area contributed by atoms with E-state index in [1.165, 1.54) is 6.26 Å². The molecule has 20 heavy (non-hydrogen) atoms. The van der Waals surface area contributed by atoms with Gasteiger partial charge in [-0.3, -0.25) is 4.99 Å². The fourth-order valence-corrected chi connectivity index (χ4v) is 1.75. The Kier molecular flexibility index (Phi) is 14.0. The highest BCUT2D eigenvalue weighted by Gasteiger charge is 2.02. The fraction of sp³-hybridized carbons (Fsp3) is 0.917. The van der Waals surface area contributed by atoms with E-state index in [2.05, 4.69) is 29.5 Å². The third kappa shape index (κ3) is 16.0. The van der Waals surface area contributed by atoms with Crippen molar-refractivity contribution >= 4 is 39.8 Å². The lowest BCUT2D eigenvalue weighted by atomic mass is 10.2. The van der Waals surface area contributed by atoms with E-state index < -0.39 is 9.84 Å². The number of nitrogens with one attached hydrogen (secondary N) is 2. The van der Waals surface area contributed by atoms with Crippen LogP contribution in [0.3, 0.4) is 0 Å². The summed E-state index contributed by atoms with van der Waals surface area (Å²) in [7, 11) is -1.28. The Labute approximate surface area is 140 Å². The lowest BCUT2D eigenvalue weighted by Crippen LogP contribution is -2.40. The molecule has 0 aromatic rings. The van der Waals surface area contributed by atoms with E-state index in [9.17, 15) is 8.42 Å². The van der Waals surface area contributed by atoms with Gasteiger partial charge in [-0.15, -0.1) is 24.0 Å². The molecule has 0 saturated heterocycles. The Hall–Kier alpha value is -0.0900. The molecule has 122 valence electrons. The van der Waals surface area contributed by atoms with Crippen LogP contribution in [-0.4, -0.2) is 59.7 Å². The van der Waals surface area contributed by atoms with Crippen LogP contribution in [0.2, 0.25) is 0 Å². The zero-order valence-corrected chi connectivity index (χ0v) is 16.0. The number of halogens is 1. The number of guanidine groups is 1. The molecule has 0 heterocycles. The maximum Gasteiger partial charge on any atom is 0.191 e. The van der Waals surface area contributed by atoms with Gasteiger partial charge in [0.15, 0.2) is 5.96 Å². The minimum atomic E-state index is -2.93. The number of rotatable bonds is 9. The van der Waals surface area contributed by atoms with E-state index in [0.717, 1.165) is 19.6 Å². The minimum absolute atomic E-state index is 0. The summed E-state index contributed by atoms with van der Waals surface area (Å²) in [5.41, 5.74) is 0. The monoisotopic (exact) mass is 421 g/mol. The maximum atomic E-state index is 11.0. The van der Waals surface area contributed by atoms with Gasteiger partial charge in [0.25, 0.3) is 0 Å². The summed E-state index contributed by atoms with van der Waals surface area (Å²) in [6, 6.07) is 0. The molecule has 0 atom stereocenters. The van der Waals surface area contributed by atoms with Gasteiger partial charge in [-0.25, -0.2) is 8.42 Å². The third-order valence-corrected chi connectivity index (χ3v) is 3.14. The summed E-state index contributed by atoms with van der Waals surface area (Å²) in [6.07, 6.45) is 2.11. The number of hydrogen-bond acceptors (Lipinski definition) is 4. The molecule has 2 N–H and O–H groups in total. The molecule has 0 spiro atoms. The van der Waals surface area contributed by atoms with Crippen LogP contribution in [0.25, 0.3) is 0 Å². The summed E-state index contributed by atoms with van der Waals surface area (Å²) < 4.78 is 27.4. The van der Waals surface area contributed by atoms with Gasteiger partial charge < -0.3 is 15.4 Å². The summed E-state index contributed by atoms with van der Waals surface area (Å²) in [6.45, 7) is 6.84. The Morgan fingerprint density at radius 2 is 1.85 bits per heavy atom. The second-order valence-corrected chi connectivity index (χ2v) is 7.14. The van der Waals surface area contributed by atoms with Crippen molar-refractivity contribution < 1.29 is 13.2 Å². The smallest absolute Gasteiger partial charge is 0.191 e. The molecule has 6 nitrogen and oxygen atoms in total. The predicted molar refractivity (Wildman–Crippen MR) is 94.8 cm³/mol. The van der Waals surface area contributed by atoms with Crippen molar-refractivity contribution in [2.24, 2.45) is 10.9 Å². The van der Waals surface area contributed by atoms with Crippen LogP contribution in [0.15, 0.2) is 4.99 Å². The number of sulfone groups is 1. The van der Waals surface area contributed by atoms with Gasteiger partial charge >= 0.3 is 0 Å². The summed E-state index contributed by atoms with van der Waals surface area (Å²) in [5.74, 6) is 1.27. The molecule has 0 amide bonds. The van der Waals surface area contributed by atoms with Crippen molar-refractivity contribution in [3.63, 3.8) is 0 Å². The number of ether oxygens (including phenoxy) is 1. The van der Waals surface area contributed by atoms with Crippen LogP contribution in [0.1, 0.15) is 20.3 Å². The van der Waals surface area contributed by atoms with Crippen LogP contribution in [0.4, 0.5) is 0 Å². The van der Waals surface area contributed by atoms with Crippen LogP contribution in [0.5, 0.6) is 0 Å². The molecule has 0 rings (SSSR count). The molecule has 0 unspecified atom stereocenters. The van der Waals surface area contributed by atoms with E-state index in [0.29, 0.717) is 25.0 Å². The van der Waals surface area contributed by atoms with E-state index in [1.807, 2.05) is 0 Å². The highest BCUT2D eigenvalue weighted by molar-refractivity contribution is 14.0. The van der Waals surface area contributed by atoms with Crippen molar-refractivity contribution in [3.8, 4) is 0 Å². The Bertz CT molecular complexity index is 359. The standard InChI is InChI=1S/C12H27N3O3S.HI/c1-11(2)10-18-8-5-6-14-12(13-3)15-7-9-19(4,16)17;/h11H,5-10H2,1-4H3,(H2,13,14,15);1H. The van der Waals surface area contributed by atoms with Crippen LogP contribution < -0.4 is 10.6 Å². The van der Waals surface area contributed by atoms with Gasteiger partial charge in [-0.05, 0) is 12.3 Å². The average molecular weight is 421 g/mol. The second kappa shape index (κ2) is 12.6. The summed E-state index contributed by atoms with van der Waals surface area (Å²) in [5, 5.41) is 6.06. The lowest BCUT2D eigenvalue weighted by molar-refractivity contribution is 0.108. The first-order valence-corrected chi connectivity index (χ1v) is 8.61. The SMILES string of the molecule is CN=C(NCCCOCC(C)C)NCCS(C)(=O)=O.I. The van der Waals surface area contributed by atoms with E-state index in [4.69, 9.17) is 4.74 Å². The lowest BCUT2D eigenvalue weighted by Gasteiger charge is -2.12. The van der Waals surface area contributed by atoms with Crippen molar-refractivity contribution in [1.82, 2.24) is 10.6 Å². The van der Waals surface area contributed by atoms with Crippen LogP contribution in [0, 0.1) is 5.92 Å². The molecule has 0 aromatic heterocycles. The minimum Gasteiger partial charge on any atom is -0.381 e. The van der Waals surface area contributed by atoms with Crippen molar-refractivity contribution in [3.05, 3.63) is 0 Å². The Morgan fingerprint density at radius 3 is 2.35 bits per heavy atom. The molecule has 0 aliphatic carbocycles.